The van der Waals surface area contributed by atoms with Gasteiger partial charge in [0.2, 0.25) is 0 Å². The van der Waals surface area contributed by atoms with Crippen molar-refractivity contribution in [3.63, 3.8) is 0 Å². The molecule has 1 aromatic carbocycles. The lowest BCUT2D eigenvalue weighted by Gasteiger charge is -2.10. The van der Waals surface area contributed by atoms with Gasteiger partial charge in [-0.05, 0) is 24.3 Å². The number of sulfonamides is 1. The van der Waals surface area contributed by atoms with Gasteiger partial charge in [-0.25, -0.2) is 8.42 Å². The van der Waals surface area contributed by atoms with E-state index in [1.165, 1.54) is 37.7 Å². The summed E-state index contributed by atoms with van der Waals surface area (Å²) in [5.74, 6) is 0.317. The molecule has 0 radical (unpaired) electrons. The van der Waals surface area contributed by atoms with Crippen molar-refractivity contribution in [2.24, 2.45) is 0 Å². The van der Waals surface area contributed by atoms with Crippen LogP contribution in [0.25, 0.3) is 0 Å². The molecule has 0 bridgehead atoms. The highest BCUT2D eigenvalue weighted by molar-refractivity contribution is 7.92. The van der Waals surface area contributed by atoms with E-state index in [0.29, 0.717) is 17.1 Å². The maximum atomic E-state index is 12.2. The summed E-state index contributed by atoms with van der Waals surface area (Å²) in [4.78, 5) is 3.89. The number of ether oxygens (including phenoxy) is 1. The molecule has 6 nitrogen and oxygen atoms in total. The van der Waals surface area contributed by atoms with E-state index in [0.717, 1.165) is 0 Å². The van der Waals surface area contributed by atoms with Crippen LogP contribution < -0.4 is 15.2 Å². The van der Waals surface area contributed by atoms with Gasteiger partial charge < -0.3 is 10.5 Å². The highest BCUT2D eigenvalue weighted by Gasteiger charge is 2.16. The zero-order valence-corrected chi connectivity index (χ0v) is 11.0. The molecule has 3 N–H and O–H groups in total. The first-order chi connectivity index (χ1) is 9.03. The van der Waals surface area contributed by atoms with Crippen molar-refractivity contribution >= 4 is 21.4 Å². The zero-order chi connectivity index (χ0) is 13.9. The minimum absolute atomic E-state index is 0.0790. The number of hydrogen-bond acceptors (Lipinski definition) is 5. The minimum Gasteiger partial charge on any atom is -0.495 e. The van der Waals surface area contributed by atoms with Crippen molar-refractivity contribution in [1.29, 1.82) is 0 Å². The molecule has 0 amide bonds. The molecule has 0 atom stereocenters. The number of nitrogen functional groups attached to an aromatic ring is 1. The average molecular weight is 279 g/mol. The van der Waals surface area contributed by atoms with Crippen molar-refractivity contribution in [1.82, 2.24) is 4.98 Å². The Hall–Kier alpha value is -2.28. The molecule has 0 aliphatic rings. The Bertz CT molecular complexity index is 672. The average Bonchev–Trinajstić information content (AvgIpc) is 2.39. The van der Waals surface area contributed by atoms with Crippen LogP contribution in [0.15, 0.2) is 47.6 Å². The normalized spacial score (nSPS) is 11.0. The number of nitrogens with one attached hydrogen (secondary N) is 1. The smallest absolute Gasteiger partial charge is 0.262 e. The van der Waals surface area contributed by atoms with Crippen LogP contribution in [0.4, 0.5) is 11.4 Å². The van der Waals surface area contributed by atoms with Gasteiger partial charge in [0.25, 0.3) is 10.0 Å². The fourth-order valence-corrected chi connectivity index (χ4v) is 2.57. The van der Waals surface area contributed by atoms with Crippen molar-refractivity contribution < 1.29 is 13.2 Å². The first-order valence-electron chi connectivity index (χ1n) is 5.39. The summed E-state index contributed by atoms with van der Waals surface area (Å²) in [6.45, 7) is 0. The van der Waals surface area contributed by atoms with Gasteiger partial charge in [-0.3, -0.25) is 9.71 Å². The largest absolute Gasteiger partial charge is 0.495 e. The summed E-state index contributed by atoms with van der Waals surface area (Å²) in [6.07, 6.45) is 3.00. The zero-order valence-electron chi connectivity index (χ0n) is 10.2. The van der Waals surface area contributed by atoms with Gasteiger partial charge in [0.1, 0.15) is 5.75 Å². The molecule has 0 fully saturated rings. The number of aromatic nitrogens is 1. The Balaban J connectivity index is 2.35. The maximum absolute atomic E-state index is 12.2. The second-order valence-electron chi connectivity index (χ2n) is 3.75. The highest BCUT2D eigenvalue weighted by Crippen LogP contribution is 2.25. The van der Waals surface area contributed by atoms with Crippen molar-refractivity contribution in [2.45, 2.75) is 4.90 Å². The molecule has 1 aromatic heterocycles. The van der Waals surface area contributed by atoms with E-state index < -0.39 is 10.0 Å². The number of nitrogens with two attached hydrogens (primary N) is 1. The Morgan fingerprint density at radius 1 is 1.21 bits per heavy atom. The Kier molecular flexibility index (Phi) is 3.57. The number of nitrogens with zero attached hydrogens (tertiary/aromatic N) is 1. The van der Waals surface area contributed by atoms with E-state index in [-0.39, 0.29) is 4.90 Å². The van der Waals surface area contributed by atoms with Crippen molar-refractivity contribution in [3.8, 4) is 5.75 Å². The third kappa shape index (κ3) is 2.94. The van der Waals surface area contributed by atoms with Crippen molar-refractivity contribution in [2.75, 3.05) is 17.6 Å². The number of pyridine rings is 1. The summed E-state index contributed by atoms with van der Waals surface area (Å²) in [5, 5.41) is 0. The molecule has 1 heterocycles. The molecule has 0 saturated heterocycles. The molecule has 0 aliphatic carbocycles. The van der Waals surface area contributed by atoms with Crippen molar-refractivity contribution in [3.05, 3.63) is 42.7 Å². The third-order valence-electron chi connectivity index (χ3n) is 2.45. The predicted molar refractivity (Wildman–Crippen MR) is 72.5 cm³/mol. The van der Waals surface area contributed by atoms with E-state index in [1.54, 1.807) is 12.1 Å². The van der Waals surface area contributed by atoms with Crippen LogP contribution in [0.2, 0.25) is 0 Å². The maximum Gasteiger partial charge on any atom is 0.262 e. The van der Waals surface area contributed by atoms with E-state index in [9.17, 15) is 8.42 Å². The van der Waals surface area contributed by atoms with Gasteiger partial charge in [-0.2, -0.15) is 0 Å². The fourth-order valence-electron chi connectivity index (χ4n) is 1.49. The molecule has 0 saturated carbocycles. The predicted octanol–water partition coefficient (Wildman–Crippen LogP) is 1.47. The lowest BCUT2D eigenvalue weighted by atomic mass is 10.3. The van der Waals surface area contributed by atoms with Crippen LogP contribution in [-0.4, -0.2) is 20.5 Å². The number of rotatable bonds is 4. The fraction of sp³-hybridized carbons (Fsp3) is 0.0833. The number of anilines is 2. The molecule has 2 rings (SSSR count). The summed E-state index contributed by atoms with van der Waals surface area (Å²) in [7, 11) is -2.25. The van der Waals surface area contributed by atoms with E-state index in [2.05, 4.69) is 9.71 Å². The summed E-state index contributed by atoms with van der Waals surface area (Å²) >= 11 is 0. The van der Waals surface area contributed by atoms with Gasteiger partial charge >= 0.3 is 0 Å². The SMILES string of the molecule is COc1cc(S(=O)(=O)Nc2ccncc2)ccc1N. The Morgan fingerprint density at radius 3 is 2.53 bits per heavy atom. The van der Waals surface area contributed by atoms with E-state index in [1.807, 2.05) is 0 Å². The number of methoxy groups -OCH3 is 1. The van der Waals surface area contributed by atoms with Crippen LogP contribution in [-0.2, 0) is 10.0 Å². The topological polar surface area (TPSA) is 94.3 Å². The monoisotopic (exact) mass is 279 g/mol. The first-order valence-corrected chi connectivity index (χ1v) is 6.87. The molecule has 2 aromatic rings. The number of benzene rings is 1. The third-order valence-corrected chi connectivity index (χ3v) is 3.83. The molecule has 0 unspecified atom stereocenters. The molecule has 7 heteroatoms. The summed E-state index contributed by atoms with van der Waals surface area (Å²) in [5.41, 5.74) is 6.46. The van der Waals surface area contributed by atoms with Crippen LogP contribution >= 0.6 is 0 Å². The van der Waals surface area contributed by atoms with Gasteiger partial charge in [-0.15, -0.1) is 0 Å². The second kappa shape index (κ2) is 5.15. The quantitative estimate of drug-likeness (QED) is 0.826. The second-order valence-corrected chi connectivity index (χ2v) is 5.43. The lowest BCUT2D eigenvalue weighted by Crippen LogP contribution is -2.13. The van der Waals surface area contributed by atoms with Crippen LogP contribution in [0.3, 0.4) is 0 Å². The van der Waals surface area contributed by atoms with Gasteiger partial charge in [0.15, 0.2) is 0 Å². The number of hydrogen-bond donors (Lipinski definition) is 2. The molecule has 19 heavy (non-hydrogen) atoms. The Morgan fingerprint density at radius 2 is 1.89 bits per heavy atom. The highest BCUT2D eigenvalue weighted by atomic mass is 32.2. The van der Waals surface area contributed by atoms with Crippen LogP contribution in [0.1, 0.15) is 0 Å². The standard InChI is InChI=1S/C12H13N3O3S/c1-18-12-8-10(2-3-11(12)13)19(16,17)15-9-4-6-14-7-5-9/h2-8H,13H2,1H3,(H,14,15). The van der Waals surface area contributed by atoms with Crippen LogP contribution in [0.5, 0.6) is 5.75 Å². The van der Waals surface area contributed by atoms with E-state index >= 15 is 0 Å². The molecular weight excluding hydrogens is 266 g/mol. The summed E-state index contributed by atoms with van der Waals surface area (Å²) < 4.78 is 31.8. The Labute approximate surface area is 111 Å². The van der Waals surface area contributed by atoms with E-state index in [4.69, 9.17) is 10.5 Å². The van der Waals surface area contributed by atoms with Gasteiger partial charge in [0, 0.05) is 18.5 Å². The molecule has 0 spiro atoms. The van der Waals surface area contributed by atoms with Crippen LogP contribution in [0, 0.1) is 0 Å². The molecule has 100 valence electrons. The first kappa shape index (κ1) is 13.2. The minimum atomic E-state index is -3.68. The van der Waals surface area contributed by atoms with Gasteiger partial charge in [0.05, 0.1) is 23.4 Å². The van der Waals surface area contributed by atoms with Gasteiger partial charge in [-0.1, -0.05) is 0 Å². The lowest BCUT2D eigenvalue weighted by molar-refractivity contribution is 0.415. The summed E-state index contributed by atoms with van der Waals surface area (Å²) in [6, 6.07) is 7.40. The molecule has 0 aliphatic heterocycles. The molecular formula is C12H13N3O3S.